The average molecular weight is 436 g/mol. The third kappa shape index (κ3) is 7.11. The normalized spacial score (nSPS) is 17.3. The van der Waals surface area contributed by atoms with E-state index >= 15 is 0 Å². The Bertz CT molecular complexity index is 732. The summed E-state index contributed by atoms with van der Waals surface area (Å²) in [4.78, 5) is 41.6. The number of carboxylic acids is 1. The monoisotopic (exact) mass is 435 g/mol. The highest BCUT2D eigenvalue weighted by molar-refractivity contribution is 5.97. The Hall–Kier alpha value is -2.31. The lowest BCUT2D eigenvalue weighted by atomic mass is 9.85. The molecule has 0 bridgehead atoms. The summed E-state index contributed by atoms with van der Waals surface area (Å²) in [6, 6.07) is -0.953. The van der Waals surface area contributed by atoms with E-state index in [1.807, 2.05) is 40.7 Å². The first-order valence-electron chi connectivity index (χ1n) is 11.1. The number of rotatable bonds is 8. The van der Waals surface area contributed by atoms with Gasteiger partial charge in [0.2, 0.25) is 5.91 Å². The molecule has 0 aromatic heterocycles. The van der Waals surface area contributed by atoms with Gasteiger partial charge in [-0.05, 0) is 44.9 Å². The predicted octanol–water partition coefficient (Wildman–Crippen LogP) is 3.42. The molecule has 0 fully saturated rings. The first kappa shape index (κ1) is 26.7. The van der Waals surface area contributed by atoms with Crippen LogP contribution in [0.4, 0.5) is 0 Å². The smallest absolute Gasteiger partial charge is 0.331 e. The number of amides is 2. The molecule has 176 valence electrons. The molecular weight excluding hydrogens is 394 g/mol. The van der Waals surface area contributed by atoms with Crippen molar-refractivity contribution >= 4 is 17.8 Å². The average Bonchev–Trinajstić information content (AvgIpc) is 2.67. The number of hydrogen-bond donors (Lipinski definition) is 2. The van der Waals surface area contributed by atoms with Crippen molar-refractivity contribution < 1.29 is 19.5 Å². The predicted molar refractivity (Wildman–Crippen MR) is 123 cm³/mol. The fourth-order valence-electron chi connectivity index (χ4n) is 3.78. The van der Waals surface area contributed by atoms with Gasteiger partial charge in [-0.1, -0.05) is 46.8 Å². The maximum absolute atomic E-state index is 13.5. The van der Waals surface area contributed by atoms with Crippen LogP contribution in [0, 0.1) is 11.3 Å². The first-order chi connectivity index (χ1) is 14.2. The zero-order chi connectivity index (χ0) is 24.1. The molecule has 0 unspecified atom stereocenters. The molecule has 0 aromatic carbocycles. The van der Waals surface area contributed by atoms with Crippen molar-refractivity contribution in [3.63, 3.8) is 0 Å². The molecule has 2 atom stereocenters. The summed E-state index contributed by atoms with van der Waals surface area (Å²) < 4.78 is 0. The standard InChI is InChI=1S/C24H41N3O4/c1-15(2)19(14-17(5)23(30)31)26(9)22(29)20(24(6,7)8)25-21(28)18-12-10-11-13-27(18)16(3)4/h12,14-16,19-20H,10-11,13H2,1-9H3,(H,25,28)(H,30,31)/t19-,20-/m1/s1. The quantitative estimate of drug-likeness (QED) is 0.570. The number of aliphatic carboxylic acids is 1. The molecule has 31 heavy (non-hydrogen) atoms. The lowest BCUT2D eigenvalue weighted by Gasteiger charge is -2.39. The van der Waals surface area contributed by atoms with Crippen LogP contribution in [0.3, 0.4) is 0 Å². The third-order valence-corrected chi connectivity index (χ3v) is 5.73. The maximum Gasteiger partial charge on any atom is 0.331 e. The van der Waals surface area contributed by atoms with Gasteiger partial charge in [-0.2, -0.15) is 0 Å². The Morgan fingerprint density at radius 2 is 1.77 bits per heavy atom. The van der Waals surface area contributed by atoms with Crippen LogP contribution in [0.25, 0.3) is 0 Å². The largest absolute Gasteiger partial charge is 0.478 e. The molecule has 1 heterocycles. The van der Waals surface area contributed by atoms with Crippen molar-refractivity contribution in [3.8, 4) is 0 Å². The Balaban J connectivity index is 3.20. The molecule has 0 radical (unpaired) electrons. The van der Waals surface area contributed by atoms with Crippen LogP contribution >= 0.6 is 0 Å². The van der Waals surface area contributed by atoms with E-state index in [1.165, 1.54) is 6.92 Å². The Morgan fingerprint density at radius 1 is 1.19 bits per heavy atom. The number of carboxylic acid groups (broad SMARTS) is 1. The summed E-state index contributed by atoms with van der Waals surface area (Å²) in [7, 11) is 1.67. The van der Waals surface area contributed by atoms with E-state index in [0.717, 1.165) is 19.4 Å². The lowest BCUT2D eigenvalue weighted by Crippen LogP contribution is -2.57. The van der Waals surface area contributed by atoms with Crippen molar-refractivity contribution in [2.45, 2.75) is 86.4 Å². The summed E-state index contributed by atoms with van der Waals surface area (Å²) in [6.07, 6.45) is 5.40. The van der Waals surface area contributed by atoms with Gasteiger partial charge in [-0.25, -0.2) is 4.79 Å². The minimum absolute atomic E-state index is 0.0112. The lowest BCUT2D eigenvalue weighted by molar-refractivity contribution is -0.139. The van der Waals surface area contributed by atoms with E-state index in [4.69, 9.17) is 0 Å². The number of allylic oxidation sites excluding steroid dienone is 1. The second-order valence-corrected chi connectivity index (χ2v) is 10.1. The first-order valence-corrected chi connectivity index (χ1v) is 11.1. The summed E-state index contributed by atoms with van der Waals surface area (Å²) in [5, 5.41) is 12.2. The van der Waals surface area contributed by atoms with Gasteiger partial charge in [0.15, 0.2) is 0 Å². The maximum atomic E-state index is 13.5. The van der Waals surface area contributed by atoms with E-state index in [1.54, 1.807) is 18.0 Å². The number of carbonyl (C=O) groups excluding carboxylic acids is 2. The number of carbonyl (C=O) groups is 3. The molecule has 0 aliphatic carbocycles. The zero-order valence-electron chi connectivity index (χ0n) is 20.7. The molecule has 7 nitrogen and oxygen atoms in total. The summed E-state index contributed by atoms with van der Waals surface area (Å²) in [6.45, 7) is 16.1. The van der Waals surface area contributed by atoms with Gasteiger partial charge in [0.05, 0.1) is 11.7 Å². The second kappa shape index (κ2) is 10.8. The number of nitrogens with one attached hydrogen (secondary N) is 1. The Kier molecular flexibility index (Phi) is 9.33. The molecule has 1 aliphatic rings. The summed E-state index contributed by atoms with van der Waals surface area (Å²) >= 11 is 0. The molecule has 0 spiro atoms. The van der Waals surface area contributed by atoms with E-state index in [0.29, 0.717) is 5.70 Å². The molecule has 0 saturated heterocycles. The van der Waals surface area contributed by atoms with E-state index in [-0.39, 0.29) is 29.3 Å². The minimum Gasteiger partial charge on any atom is -0.478 e. The van der Waals surface area contributed by atoms with Crippen molar-refractivity contribution in [1.29, 1.82) is 0 Å². The molecular formula is C24H41N3O4. The molecule has 0 saturated carbocycles. The van der Waals surface area contributed by atoms with E-state index < -0.39 is 23.5 Å². The van der Waals surface area contributed by atoms with Crippen LogP contribution in [-0.4, -0.2) is 64.4 Å². The fraction of sp³-hybridized carbons (Fsp3) is 0.708. The van der Waals surface area contributed by atoms with Gasteiger partial charge in [0.25, 0.3) is 5.91 Å². The van der Waals surface area contributed by atoms with Crippen LogP contribution in [0.2, 0.25) is 0 Å². The van der Waals surface area contributed by atoms with Gasteiger partial charge in [0.1, 0.15) is 6.04 Å². The van der Waals surface area contributed by atoms with E-state index in [9.17, 15) is 19.5 Å². The van der Waals surface area contributed by atoms with E-state index in [2.05, 4.69) is 24.1 Å². The Labute approximate surface area is 187 Å². The Morgan fingerprint density at radius 3 is 2.23 bits per heavy atom. The molecule has 7 heteroatoms. The molecule has 1 aliphatic heterocycles. The van der Waals surface area contributed by atoms with Crippen molar-refractivity contribution in [2.75, 3.05) is 13.6 Å². The van der Waals surface area contributed by atoms with Gasteiger partial charge in [-0.3, -0.25) is 9.59 Å². The van der Waals surface area contributed by atoms with Gasteiger partial charge in [0, 0.05) is 25.2 Å². The highest BCUT2D eigenvalue weighted by Gasteiger charge is 2.38. The SMILES string of the molecule is CC(=C[C@H](C(C)C)N(C)C(=O)[C@@H](NC(=O)C1=CCCCN1C(C)C)C(C)(C)C)C(=O)O. The number of likely N-dealkylation sites (N-methyl/N-ethyl adjacent to an activating group) is 1. The van der Waals surface area contributed by atoms with Crippen molar-refractivity contribution in [2.24, 2.45) is 11.3 Å². The fourth-order valence-corrected chi connectivity index (χ4v) is 3.78. The van der Waals surface area contributed by atoms with Crippen LogP contribution < -0.4 is 5.32 Å². The van der Waals surface area contributed by atoms with Crippen LogP contribution in [-0.2, 0) is 14.4 Å². The molecule has 0 aromatic rings. The van der Waals surface area contributed by atoms with Crippen LogP contribution in [0.15, 0.2) is 23.4 Å². The molecule has 2 amide bonds. The van der Waals surface area contributed by atoms with Gasteiger partial charge >= 0.3 is 5.97 Å². The minimum atomic E-state index is -1.01. The van der Waals surface area contributed by atoms with Gasteiger partial charge in [-0.15, -0.1) is 0 Å². The second-order valence-electron chi connectivity index (χ2n) is 10.1. The number of nitrogens with zero attached hydrogens (tertiary/aromatic N) is 2. The summed E-state index contributed by atoms with van der Waals surface area (Å²) in [5.74, 6) is -1.47. The van der Waals surface area contributed by atoms with Crippen LogP contribution in [0.1, 0.15) is 68.2 Å². The molecule has 2 N–H and O–H groups in total. The molecule has 1 rings (SSSR count). The third-order valence-electron chi connectivity index (χ3n) is 5.73. The highest BCUT2D eigenvalue weighted by Crippen LogP contribution is 2.25. The summed E-state index contributed by atoms with van der Waals surface area (Å²) in [5.41, 5.74) is 0.286. The van der Waals surface area contributed by atoms with Crippen molar-refractivity contribution in [3.05, 3.63) is 23.4 Å². The number of hydrogen-bond acceptors (Lipinski definition) is 4. The zero-order valence-corrected chi connectivity index (χ0v) is 20.7. The van der Waals surface area contributed by atoms with Gasteiger partial charge < -0.3 is 20.2 Å². The topological polar surface area (TPSA) is 90.0 Å². The van der Waals surface area contributed by atoms with Crippen molar-refractivity contribution in [1.82, 2.24) is 15.1 Å². The van der Waals surface area contributed by atoms with Crippen LogP contribution in [0.5, 0.6) is 0 Å². The highest BCUT2D eigenvalue weighted by atomic mass is 16.4.